The van der Waals surface area contributed by atoms with Crippen LogP contribution in [-0.2, 0) is 11.2 Å². The molecular weight excluding hydrogens is 256 g/mol. The van der Waals surface area contributed by atoms with Gasteiger partial charge in [-0.05, 0) is 25.8 Å². The van der Waals surface area contributed by atoms with Gasteiger partial charge in [-0.25, -0.2) is 0 Å². The molecule has 20 heavy (non-hydrogen) atoms. The van der Waals surface area contributed by atoms with Gasteiger partial charge in [-0.15, -0.1) is 0 Å². The highest BCUT2D eigenvalue weighted by Gasteiger charge is 2.26. The van der Waals surface area contributed by atoms with Gasteiger partial charge in [0.15, 0.2) is 0 Å². The van der Waals surface area contributed by atoms with Gasteiger partial charge in [0.05, 0.1) is 6.61 Å². The quantitative estimate of drug-likeness (QED) is 0.808. The lowest BCUT2D eigenvalue weighted by Crippen LogP contribution is -2.39. The van der Waals surface area contributed by atoms with Gasteiger partial charge in [0.25, 0.3) is 0 Å². The molecule has 1 saturated carbocycles. The van der Waals surface area contributed by atoms with Gasteiger partial charge in [-0.2, -0.15) is 4.98 Å². The largest absolute Gasteiger partial charge is 0.367 e. The SMILES string of the molecule is CCCN1CCOC(c2noc(CCNC3CC3)n2)C1. The van der Waals surface area contributed by atoms with Crippen LogP contribution in [0.3, 0.4) is 0 Å². The average molecular weight is 280 g/mol. The molecule has 6 heteroatoms. The minimum Gasteiger partial charge on any atom is -0.367 e. The van der Waals surface area contributed by atoms with E-state index in [4.69, 9.17) is 9.26 Å². The topological polar surface area (TPSA) is 63.4 Å². The molecule has 1 aliphatic carbocycles. The van der Waals surface area contributed by atoms with E-state index in [9.17, 15) is 0 Å². The Morgan fingerprint density at radius 2 is 2.30 bits per heavy atom. The number of aromatic nitrogens is 2. The number of rotatable bonds is 7. The Kier molecular flexibility index (Phi) is 4.65. The predicted molar refractivity (Wildman–Crippen MR) is 74.5 cm³/mol. The molecule has 1 aromatic heterocycles. The summed E-state index contributed by atoms with van der Waals surface area (Å²) < 4.78 is 11.1. The molecule has 112 valence electrons. The van der Waals surface area contributed by atoms with Crippen molar-refractivity contribution in [3.63, 3.8) is 0 Å². The fraction of sp³-hybridized carbons (Fsp3) is 0.857. The Labute approximate surface area is 119 Å². The third-order valence-electron chi connectivity index (χ3n) is 3.81. The van der Waals surface area contributed by atoms with Crippen molar-refractivity contribution in [2.75, 3.05) is 32.8 Å². The van der Waals surface area contributed by atoms with Crippen molar-refractivity contribution < 1.29 is 9.26 Å². The van der Waals surface area contributed by atoms with E-state index in [0.29, 0.717) is 11.7 Å². The smallest absolute Gasteiger partial charge is 0.228 e. The first-order valence-electron chi connectivity index (χ1n) is 7.75. The Bertz CT molecular complexity index is 417. The van der Waals surface area contributed by atoms with Crippen LogP contribution in [0, 0.1) is 0 Å². The van der Waals surface area contributed by atoms with Crippen LogP contribution in [0.1, 0.15) is 44.0 Å². The third kappa shape index (κ3) is 3.77. The molecule has 0 radical (unpaired) electrons. The van der Waals surface area contributed by atoms with Crippen molar-refractivity contribution in [1.29, 1.82) is 0 Å². The molecule has 1 aliphatic heterocycles. The molecule has 0 bridgehead atoms. The standard InChI is InChI=1S/C14H24N4O2/c1-2-7-18-8-9-19-12(10-18)14-16-13(20-17-14)5-6-15-11-3-4-11/h11-12,15H,2-10H2,1H3. The summed E-state index contributed by atoms with van der Waals surface area (Å²) in [6, 6.07) is 0.724. The van der Waals surface area contributed by atoms with Gasteiger partial charge in [-0.3, -0.25) is 4.90 Å². The second-order valence-corrected chi connectivity index (χ2v) is 5.68. The Balaban J connectivity index is 1.49. The monoisotopic (exact) mass is 280 g/mol. The van der Waals surface area contributed by atoms with E-state index in [2.05, 4.69) is 27.3 Å². The number of hydrogen-bond donors (Lipinski definition) is 1. The van der Waals surface area contributed by atoms with E-state index < -0.39 is 0 Å². The summed E-state index contributed by atoms with van der Waals surface area (Å²) in [5, 5.41) is 7.53. The lowest BCUT2D eigenvalue weighted by Gasteiger charge is -2.30. The van der Waals surface area contributed by atoms with Gasteiger partial charge in [-0.1, -0.05) is 12.1 Å². The van der Waals surface area contributed by atoms with Crippen LogP contribution in [0.15, 0.2) is 4.52 Å². The van der Waals surface area contributed by atoms with Crippen LogP contribution in [0.25, 0.3) is 0 Å². The number of hydrogen-bond acceptors (Lipinski definition) is 6. The maximum atomic E-state index is 5.76. The van der Waals surface area contributed by atoms with E-state index in [0.717, 1.165) is 51.7 Å². The lowest BCUT2D eigenvalue weighted by molar-refractivity contribution is -0.0350. The average Bonchev–Trinajstić information content (AvgIpc) is 3.16. The maximum Gasteiger partial charge on any atom is 0.228 e. The highest BCUT2D eigenvalue weighted by molar-refractivity contribution is 4.95. The molecule has 0 spiro atoms. The zero-order valence-electron chi connectivity index (χ0n) is 12.2. The Morgan fingerprint density at radius 3 is 3.10 bits per heavy atom. The van der Waals surface area contributed by atoms with E-state index in [1.54, 1.807) is 0 Å². The van der Waals surface area contributed by atoms with Crippen molar-refractivity contribution in [2.45, 2.75) is 44.8 Å². The summed E-state index contributed by atoms with van der Waals surface area (Å²) in [7, 11) is 0. The second kappa shape index (κ2) is 6.65. The summed E-state index contributed by atoms with van der Waals surface area (Å²) in [5.41, 5.74) is 0. The van der Waals surface area contributed by atoms with Crippen LogP contribution >= 0.6 is 0 Å². The van der Waals surface area contributed by atoms with E-state index >= 15 is 0 Å². The third-order valence-corrected chi connectivity index (χ3v) is 3.81. The first-order chi connectivity index (χ1) is 9.85. The lowest BCUT2D eigenvalue weighted by atomic mass is 10.2. The number of nitrogens with zero attached hydrogens (tertiary/aromatic N) is 3. The molecule has 1 atom stereocenters. The van der Waals surface area contributed by atoms with Crippen molar-refractivity contribution in [3.8, 4) is 0 Å². The predicted octanol–water partition coefficient (Wildman–Crippen LogP) is 1.15. The summed E-state index contributed by atoms with van der Waals surface area (Å²) in [4.78, 5) is 6.88. The van der Waals surface area contributed by atoms with Crippen molar-refractivity contribution in [3.05, 3.63) is 11.7 Å². The molecular formula is C14H24N4O2. The highest BCUT2D eigenvalue weighted by Crippen LogP contribution is 2.20. The molecule has 0 aromatic carbocycles. The van der Waals surface area contributed by atoms with Crippen LogP contribution in [0.4, 0.5) is 0 Å². The second-order valence-electron chi connectivity index (χ2n) is 5.68. The van der Waals surface area contributed by atoms with Gasteiger partial charge in [0.1, 0.15) is 6.10 Å². The van der Waals surface area contributed by atoms with Gasteiger partial charge in [0, 0.05) is 32.1 Å². The molecule has 0 amide bonds. The molecule has 2 fully saturated rings. The van der Waals surface area contributed by atoms with Crippen LogP contribution in [-0.4, -0.2) is 53.9 Å². The molecule has 2 heterocycles. The first kappa shape index (κ1) is 14.0. The van der Waals surface area contributed by atoms with Crippen molar-refractivity contribution in [2.24, 2.45) is 0 Å². The number of nitrogens with one attached hydrogen (secondary N) is 1. The van der Waals surface area contributed by atoms with Crippen LogP contribution in [0.5, 0.6) is 0 Å². The molecule has 2 aliphatic rings. The minimum atomic E-state index is -0.0378. The molecule has 6 nitrogen and oxygen atoms in total. The fourth-order valence-electron chi connectivity index (χ4n) is 2.55. The highest BCUT2D eigenvalue weighted by atomic mass is 16.5. The first-order valence-corrected chi connectivity index (χ1v) is 7.75. The van der Waals surface area contributed by atoms with Crippen molar-refractivity contribution >= 4 is 0 Å². The molecule has 1 N–H and O–H groups in total. The van der Waals surface area contributed by atoms with Crippen LogP contribution < -0.4 is 5.32 Å². The minimum absolute atomic E-state index is 0.0378. The molecule has 3 rings (SSSR count). The van der Waals surface area contributed by atoms with Gasteiger partial charge < -0.3 is 14.6 Å². The van der Waals surface area contributed by atoms with Crippen molar-refractivity contribution in [1.82, 2.24) is 20.4 Å². The van der Waals surface area contributed by atoms with E-state index in [1.165, 1.54) is 12.8 Å². The fourth-order valence-corrected chi connectivity index (χ4v) is 2.55. The Morgan fingerprint density at radius 1 is 1.40 bits per heavy atom. The van der Waals surface area contributed by atoms with Gasteiger partial charge in [0.2, 0.25) is 11.7 Å². The zero-order chi connectivity index (χ0) is 13.8. The normalized spacial score (nSPS) is 24.1. The van der Waals surface area contributed by atoms with E-state index in [1.807, 2.05) is 0 Å². The molecule has 1 unspecified atom stereocenters. The van der Waals surface area contributed by atoms with E-state index in [-0.39, 0.29) is 6.10 Å². The zero-order valence-corrected chi connectivity index (χ0v) is 12.2. The summed E-state index contributed by atoms with van der Waals surface area (Å²) in [5.74, 6) is 1.41. The molecule has 1 saturated heterocycles. The summed E-state index contributed by atoms with van der Waals surface area (Å²) in [6.45, 7) is 6.84. The maximum absolute atomic E-state index is 5.76. The number of morpholine rings is 1. The molecule has 1 aromatic rings. The Hall–Kier alpha value is -0.980. The van der Waals surface area contributed by atoms with Gasteiger partial charge >= 0.3 is 0 Å². The summed E-state index contributed by atoms with van der Waals surface area (Å²) in [6.07, 6.45) is 4.53. The number of ether oxygens (including phenoxy) is 1. The summed E-state index contributed by atoms with van der Waals surface area (Å²) >= 11 is 0. The van der Waals surface area contributed by atoms with Crippen LogP contribution in [0.2, 0.25) is 0 Å².